The third-order valence-electron chi connectivity index (χ3n) is 4.43. The van der Waals surface area contributed by atoms with Crippen molar-refractivity contribution in [3.8, 4) is 0 Å². The van der Waals surface area contributed by atoms with E-state index in [1.807, 2.05) is 47.1 Å². The molecule has 2 aliphatic heterocycles. The van der Waals surface area contributed by atoms with E-state index in [2.05, 4.69) is 10.2 Å². The summed E-state index contributed by atoms with van der Waals surface area (Å²) in [5.74, 6) is 0. The number of thiocarbonyl (C=S) groups is 1. The van der Waals surface area contributed by atoms with Crippen molar-refractivity contribution < 1.29 is 4.79 Å². The standard InChI is InChI=1S/C16H22N4OS/c1-2-18-9-8-14-12-19(10-11-20(14)16(18)21)15(22)17-13-6-4-3-5-7-13/h3-7,14H,2,8-12H2,1H3,(H,17,22). The van der Waals surface area contributed by atoms with Crippen LogP contribution >= 0.6 is 12.2 Å². The van der Waals surface area contributed by atoms with E-state index in [4.69, 9.17) is 12.2 Å². The number of carbonyl (C=O) groups is 1. The lowest BCUT2D eigenvalue weighted by Crippen LogP contribution is -2.63. The van der Waals surface area contributed by atoms with Crippen LogP contribution in [0.4, 0.5) is 10.5 Å². The third-order valence-corrected chi connectivity index (χ3v) is 4.79. The molecule has 0 radical (unpaired) electrons. The van der Waals surface area contributed by atoms with Gasteiger partial charge in [0.2, 0.25) is 0 Å². The summed E-state index contributed by atoms with van der Waals surface area (Å²) in [4.78, 5) is 18.5. The zero-order valence-corrected chi connectivity index (χ0v) is 13.7. The minimum absolute atomic E-state index is 0.181. The zero-order valence-electron chi connectivity index (χ0n) is 12.9. The molecule has 1 aromatic carbocycles. The third kappa shape index (κ3) is 3.02. The average Bonchev–Trinajstić information content (AvgIpc) is 2.56. The first-order chi connectivity index (χ1) is 10.7. The molecule has 2 aliphatic rings. The van der Waals surface area contributed by atoms with E-state index in [0.29, 0.717) is 0 Å². The quantitative estimate of drug-likeness (QED) is 0.849. The smallest absolute Gasteiger partial charge is 0.320 e. The van der Waals surface area contributed by atoms with Gasteiger partial charge in [0.05, 0.1) is 6.04 Å². The largest absolute Gasteiger partial charge is 0.345 e. The van der Waals surface area contributed by atoms with Crippen molar-refractivity contribution in [1.29, 1.82) is 0 Å². The summed E-state index contributed by atoms with van der Waals surface area (Å²) in [5.41, 5.74) is 1.01. The Labute approximate surface area is 136 Å². The molecule has 6 heteroatoms. The molecule has 2 fully saturated rings. The van der Waals surface area contributed by atoms with Crippen LogP contribution in [-0.4, -0.2) is 64.6 Å². The van der Waals surface area contributed by atoms with Crippen LogP contribution in [0.3, 0.4) is 0 Å². The first kappa shape index (κ1) is 15.1. The number of hydrogen-bond donors (Lipinski definition) is 1. The van der Waals surface area contributed by atoms with Crippen LogP contribution in [-0.2, 0) is 0 Å². The summed E-state index contributed by atoms with van der Waals surface area (Å²) in [6.07, 6.45) is 1.02. The highest BCUT2D eigenvalue weighted by Gasteiger charge is 2.36. The van der Waals surface area contributed by atoms with Crippen LogP contribution in [0.5, 0.6) is 0 Å². The van der Waals surface area contributed by atoms with Crippen LogP contribution in [0, 0.1) is 0 Å². The number of fused-ring (bicyclic) bond motifs is 1. The van der Waals surface area contributed by atoms with Gasteiger partial charge in [-0.1, -0.05) is 18.2 Å². The van der Waals surface area contributed by atoms with Gasteiger partial charge in [0.25, 0.3) is 0 Å². The number of para-hydroxylation sites is 1. The minimum Gasteiger partial charge on any atom is -0.345 e. The van der Waals surface area contributed by atoms with Gasteiger partial charge >= 0.3 is 6.03 Å². The van der Waals surface area contributed by atoms with Crippen molar-refractivity contribution in [2.24, 2.45) is 0 Å². The Balaban J connectivity index is 1.60. The normalized spacial score (nSPS) is 21.6. The van der Waals surface area contributed by atoms with E-state index in [0.717, 1.165) is 49.9 Å². The number of anilines is 1. The van der Waals surface area contributed by atoms with Gasteiger partial charge in [-0.2, -0.15) is 0 Å². The van der Waals surface area contributed by atoms with E-state index in [-0.39, 0.29) is 12.1 Å². The van der Waals surface area contributed by atoms with Gasteiger partial charge in [0.1, 0.15) is 0 Å². The van der Waals surface area contributed by atoms with E-state index in [1.165, 1.54) is 0 Å². The highest BCUT2D eigenvalue weighted by molar-refractivity contribution is 7.80. The molecular formula is C16H22N4OS. The van der Waals surface area contributed by atoms with Crippen molar-refractivity contribution in [2.45, 2.75) is 19.4 Å². The van der Waals surface area contributed by atoms with Crippen molar-refractivity contribution in [3.05, 3.63) is 30.3 Å². The second-order valence-electron chi connectivity index (χ2n) is 5.74. The maximum Gasteiger partial charge on any atom is 0.320 e. The molecule has 1 aromatic rings. The maximum atomic E-state index is 12.3. The Kier molecular flexibility index (Phi) is 4.47. The SMILES string of the molecule is CCN1CCC2CN(C(=S)Nc3ccccc3)CCN2C1=O. The molecule has 0 bridgehead atoms. The van der Waals surface area contributed by atoms with Crippen molar-refractivity contribution in [2.75, 3.05) is 38.0 Å². The van der Waals surface area contributed by atoms with Crippen LogP contribution in [0.2, 0.25) is 0 Å². The molecule has 5 nitrogen and oxygen atoms in total. The van der Waals surface area contributed by atoms with Gasteiger partial charge in [-0.25, -0.2) is 4.79 Å². The van der Waals surface area contributed by atoms with E-state index in [1.54, 1.807) is 0 Å². The Morgan fingerprint density at radius 3 is 2.77 bits per heavy atom. The first-order valence-corrected chi connectivity index (χ1v) is 8.26. The summed E-state index contributed by atoms with van der Waals surface area (Å²) < 4.78 is 0. The minimum atomic E-state index is 0.181. The molecule has 2 saturated heterocycles. The van der Waals surface area contributed by atoms with Gasteiger partial charge in [0.15, 0.2) is 5.11 Å². The van der Waals surface area contributed by atoms with Crippen molar-refractivity contribution in [3.63, 3.8) is 0 Å². The number of amides is 2. The van der Waals surface area contributed by atoms with Crippen LogP contribution < -0.4 is 5.32 Å². The molecule has 1 atom stereocenters. The van der Waals surface area contributed by atoms with Gasteiger partial charge in [-0.15, -0.1) is 0 Å². The maximum absolute atomic E-state index is 12.3. The summed E-state index contributed by atoms with van der Waals surface area (Å²) in [6, 6.07) is 10.4. The molecule has 1 unspecified atom stereocenters. The predicted octanol–water partition coefficient (Wildman–Crippen LogP) is 2.22. The average molecular weight is 318 g/mol. The topological polar surface area (TPSA) is 38.8 Å². The van der Waals surface area contributed by atoms with Crippen molar-refractivity contribution in [1.82, 2.24) is 14.7 Å². The Morgan fingerprint density at radius 2 is 2.05 bits per heavy atom. The number of nitrogens with one attached hydrogen (secondary N) is 1. The van der Waals surface area contributed by atoms with Crippen LogP contribution in [0.1, 0.15) is 13.3 Å². The van der Waals surface area contributed by atoms with Gasteiger partial charge in [-0.3, -0.25) is 0 Å². The Hall–Kier alpha value is -1.82. The second kappa shape index (κ2) is 6.52. The number of nitrogens with zero attached hydrogens (tertiary/aromatic N) is 3. The molecule has 22 heavy (non-hydrogen) atoms. The summed E-state index contributed by atoms with van der Waals surface area (Å²) in [6.45, 7) is 6.04. The molecular weight excluding hydrogens is 296 g/mol. The molecule has 118 valence electrons. The lowest BCUT2D eigenvalue weighted by Gasteiger charge is -2.47. The second-order valence-corrected chi connectivity index (χ2v) is 6.13. The molecule has 2 amide bonds. The Bertz CT molecular complexity index is 550. The number of carbonyl (C=O) groups excluding carboxylic acids is 1. The number of rotatable bonds is 2. The fourth-order valence-corrected chi connectivity index (χ4v) is 3.42. The summed E-state index contributed by atoms with van der Waals surface area (Å²) >= 11 is 5.53. The van der Waals surface area contributed by atoms with E-state index in [9.17, 15) is 4.79 Å². The molecule has 2 heterocycles. The summed E-state index contributed by atoms with van der Waals surface area (Å²) in [5, 5.41) is 4.03. The van der Waals surface area contributed by atoms with Gasteiger partial charge in [-0.05, 0) is 37.7 Å². The van der Waals surface area contributed by atoms with Gasteiger partial charge in [0, 0.05) is 38.4 Å². The number of benzene rings is 1. The monoisotopic (exact) mass is 318 g/mol. The zero-order chi connectivity index (χ0) is 15.5. The lowest BCUT2D eigenvalue weighted by molar-refractivity contribution is 0.0666. The molecule has 0 spiro atoms. The number of piperazine rings is 1. The Morgan fingerprint density at radius 1 is 1.27 bits per heavy atom. The molecule has 0 aliphatic carbocycles. The fraction of sp³-hybridized carbons (Fsp3) is 0.500. The van der Waals surface area contributed by atoms with E-state index < -0.39 is 0 Å². The fourth-order valence-electron chi connectivity index (χ4n) is 3.14. The number of hydrogen-bond acceptors (Lipinski definition) is 2. The molecule has 3 rings (SSSR count). The van der Waals surface area contributed by atoms with Crippen LogP contribution in [0.25, 0.3) is 0 Å². The molecule has 0 saturated carbocycles. The molecule has 0 aromatic heterocycles. The van der Waals surface area contributed by atoms with E-state index >= 15 is 0 Å². The molecule has 1 N–H and O–H groups in total. The lowest BCUT2D eigenvalue weighted by atomic mass is 10.1. The predicted molar refractivity (Wildman–Crippen MR) is 92.0 cm³/mol. The highest BCUT2D eigenvalue weighted by Crippen LogP contribution is 2.21. The van der Waals surface area contributed by atoms with Crippen molar-refractivity contribution >= 4 is 29.0 Å². The first-order valence-electron chi connectivity index (χ1n) is 7.85. The highest BCUT2D eigenvalue weighted by atomic mass is 32.1. The summed E-state index contributed by atoms with van der Waals surface area (Å²) in [7, 11) is 0. The van der Waals surface area contributed by atoms with Gasteiger partial charge < -0.3 is 20.0 Å². The van der Waals surface area contributed by atoms with Crippen LogP contribution in [0.15, 0.2) is 30.3 Å². The number of urea groups is 1.